The van der Waals surface area contributed by atoms with Gasteiger partial charge in [-0.25, -0.2) is 0 Å². The monoisotopic (exact) mass is 338 g/mol. The highest BCUT2D eigenvalue weighted by Gasteiger charge is 2.18. The molecule has 0 aliphatic rings. The van der Waals surface area contributed by atoms with E-state index in [4.69, 9.17) is 4.18 Å². The maximum Gasteiger partial charge on any atom is 0.339 e. The predicted molar refractivity (Wildman–Crippen MR) is 94.7 cm³/mol. The largest absolute Gasteiger partial charge is 0.379 e. The zero-order chi connectivity index (χ0) is 17.0. The van der Waals surface area contributed by atoms with Gasteiger partial charge in [0.15, 0.2) is 0 Å². The van der Waals surface area contributed by atoms with E-state index in [0.717, 1.165) is 16.7 Å². The summed E-state index contributed by atoms with van der Waals surface area (Å²) >= 11 is 0. The molecule has 0 aliphatic carbocycles. The molecule has 3 aromatic carbocycles. The van der Waals surface area contributed by atoms with Crippen LogP contribution >= 0.6 is 0 Å². The average Bonchev–Trinajstić information content (AvgIpc) is 2.58. The van der Waals surface area contributed by atoms with Crippen LogP contribution in [0.4, 0.5) is 0 Å². The lowest BCUT2D eigenvalue weighted by molar-refractivity contribution is 0.483. The SMILES string of the molecule is Cc1ccc(S(=O)(=O)Oc2ccccc2Cc2ccccc2)cc1. The fourth-order valence-electron chi connectivity index (χ4n) is 2.42. The fraction of sp³-hybridized carbons (Fsp3) is 0.100. The lowest BCUT2D eigenvalue weighted by Crippen LogP contribution is -2.11. The fourth-order valence-corrected chi connectivity index (χ4v) is 3.38. The van der Waals surface area contributed by atoms with Crippen molar-refractivity contribution in [3.8, 4) is 5.75 Å². The van der Waals surface area contributed by atoms with Gasteiger partial charge >= 0.3 is 10.1 Å². The summed E-state index contributed by atoms with van der Waals surface area (Å²) in [4.78, 5) is 0.155. The molecule has 0 atom stereocenters. The van der Waals surface area contributed by atoms with Crippen molar-refractivity contribution in [2.45, 2.75) is 18.2 Å². The van der Waals surface area contributed by atoms with E-state index >= 15 is 0 Å². The molecular formula is C20H18O3S. The lowest BCUT2D eigenvalue weighted by atomic mass is 10.0. The maximum atomic E-state index is 12.5. The zero-order valence-electron chi connectivity index (χ0n) is 13.3. The Kier molecular flexibility index (Phi) is 4.67. The first kappa shape index (κ1) is 16.3. The Hall–Kier alpha value is -2.59. The molecule has 122 valence electrons. The Bertz CT molecular complexity index is 915. The van der Waals surface area contributed by atoms with Crippen LogP contribution in [-0.4, -0.2) is 8.42 Å². The van der Waals surface area contributed by atoms with E-state index in [1.54, 1.807) is 36.4 Å². The van der Waals surface area contributed by atoms with Crippen LogP contribution in [0.25, 0.3) is 0 Å². The van der Waals surface area contributed by atoms with Gasteiger partial charge < -0.3 is 4.18 Å². The van der Waals surface area contributed by atoms with Crippen LogP contribution in [0.2, 0.25) is 0 Å². The third kappa shape index (κ3) is 3.84. The third-order valence-electron chi connectivity index (χ3n) is 3.72. The molecule has 0 N–H and O–H groups in total. The third-order valence-corrected chi connectivity index (χ3v) is 4.97. The molecule has 0 radical (unpaired) electrons. The van der Waals surface area contributed by atoms with Crippen LogP contribution in [0, 0.1) is 6.92 Å². The Morgan fingerprint density at radius 3 is 2.12 bits per heavy atom. The first-order chi connectivity index (χ1) is 11.5. The van der Waals surface area contributed by atoms with Crippen LogP contribution in [0.1, 0.15) is 16.7 Å². The minimum absolute atomic E-state index is 0.155. The molecule has 0 aromatic heterocycles. The molecule has 0 saturated carbocycles. The molecule has 0 bridgehead atoms. The second-order valence-corrected chi connectivity index (χ2v) is 7.17. The summed E-state index contributed by atoms with van der Waals surface area (Å²) in [6.45, 7) is 1.91. The van der Waals surface area contributed by atoms with E-state index < -0.39 is 10.1 Å². The number of para-hydroxylation sites is 1. The summed E-state index contributed by atoms with van der Waals surface area (Å²) < 4.78 is 30.4. The van der Waals surface area contributed by atoms with Crippen LogP contribution in [0.15, 0.2) is 83.8 Å². The van der Waals surface area contributed by atoms with E-state index in [1.807, 2.05) is 49.4 Å². The molecule has 0 fully saturated rings. The van der Waals surface area contributed by atoms with Crippen LogP contribution < -0.4 is 4.18 Å². The number of rotatable bonds is 5. The highest BCUT2D eigenvalue weighted by Crippen LogP contribution is 2.25. The molecular weight excluding hydrogens is 320 g/mol. The Morgan fingerprint density at radius 1 is 0.792 bits per heavy atom. The molecule has 4 heteroatoms. The van der Waals surface area contributed by atoms with Crippen molar-refractivity contribution < 1.29 is 12.6 Å². The van der Waals surface area contributed by atoms with Crippen molar-refractivity contribution in [1.29, 1.82) is 0 Å². The molecule has 3 rings (SSSR count). The zero-order valence-corrected chi connectivity index (χ0v) is 14.2. The Labute approximate surface area is 142 Å². The van der Waals surface area contributed by atoms with E-state index in [-0.39, 0.29) is 4.90 Å². The number of hydrogen-bond acceptors (Lipinski definition) is 3. The first-order valence-electron chi connectivity index (χ1n) is 7.67. The second kappa shape index (κ2) is 6.89. The van der Waals surface area contributed by atoms with E-state index in [9.17, 15) is 8.42 Å². The van der Waals surface area contributed by atoms with Gasteiger partial charge in [-0.05, 0) is 30.7 Å². The summed E-state index contributed by atoms with van der Waals surface area (Å²) in [7, 11) is -3.84. The quantitative estimate of drug-likeness (QED) is 0.650. The smallest absolute Gasteiger partial charge is 0.339 e. The molecule has 0 aliphatic heterocycles. The second-order valence-electron chi connectivity index (χ2n) is 5.62. The van der Waals surface area contributed by atoms with Gasteiger partial charge in [0.05, 0.1) is 0 Å². The average molecular weight is 338 g/mol. The highest BCUT2D eigenvalue weighted by molar-refractivity contribution is 7.87. The molecule has 3 nitrogen and oxygen atoms in total. The van der Waals surface area contributed by atoms with Crippen LogP contribution in [-0.2, 0) is 16.5 Å². The van der Waals surface area contributed by atoms with Crippen molar-refractivity contribution in [3.05, 3.63) is 95.6 Å². The standard InChI is InChI=1S/C20H18O3S/c1-16-11-13-19(14-12-16)24(21,22)23-20-10-6-5-9-18(20)15-17-7-3-2-4-8-17/h2-14H,15H2,1H3. The Balaban J connectivity index is 1.89. The molecule has 0 amide bonds. The van der Waals surface area contributed by atoms with Gasteiger partial charge in [-0.1, -0.05) is 66.2 Å². The summed E-state index contributed by atoms with van der Waals surface area (Å²) in [6.07, 6.45) is 0.612. The van der Waals surface area contributed by atoms with Crippen LogP contribution in [0.3, 0.4) is 0 Å². The highest BCUT2D eigenvalue weighted by atomic mass is 32.2. The summed E-state index contributed by atoms with van der Waals surface area (Å²) in [5.41, 5.74) is 2.93. The molecule has 0 heterocycles. The van der Waals surface area contributed by atoms with E-state index in [0.29, 0.717) is 12.2 Å². The van der Waals surface area contributed by atoms with Crippen molar-refractivity contribution in [2.75, 3.05) is 0 Å². The van der Waals surface area contributed by atoms with Crippen molar-refractivity contribution in [3.63, 3.8) is 0 Å². The number of aryl methyl sites for hydroxylation is 1. The topological polar surface area (TPSA) is 43.4 Å². The number of benzene rings is 3. The van der Waals surface area contributed by atoms with Gasteiger partial charge in [0, 0.05) is 12.0 Å². The van der Waals surface area contributed by atoms with Gasteiger partial charge in [0.1, 0.15) is 10.6 Å². The molecule has 24 heavy (non-hydrogen) atoms. The van der Waals surface area contributed by atoms with Gasteiger partial charge in [-0.2, -0.15) is 8.42 Å². The normalized spacial score (nSPS) is 11.2. The van der Waals surface area contributed by atoms with E-state index in [1.165, 1.54) is 0 Å². The minimum atomic E-state index is -3.84. The Morgan fingerprint density at radius 2 is 1.42 bits per heavy atom. The molecule has 0 unspecified atom stereocenters. The number of hydrogen-bond donors (Lipinski definition) is 0. The van der Waals surface area contributed by atoms with Crippen molar-refractivity contribution >= 4 is 10.1 Å². The molecule has 0 saturated heterocycles. The van der Waals surface area contributed by atoms with Gasteiger partial charge in [-0.15, -0.1) is 0 Å². The maximum absolute atomic E-state index is 12.5. The first-order valence-corrected chi connectivity index (χ1v) is 9.08. The van der Waals surface area contributed by atoms with Crippen molar-refractivity contribution in [1.82, 2.24) is 0 Å². The van der Waals surface area contributed by atoms with Crippen LogP contribution in [0.5, 0.6) is 5.75 Å². The van der Waals surface area contributed by atoms with Gasteiger partial charge in [0.2, 0.25) is 0 Å². The molecule has 3 aromatic rings. The summed E-state index contributed by atoms with van der Waals surface area (Å²) in [6, 6.07) is 23.7. The lowest BCUT2D eigenvalue weighted by Gasteiger charge is -2.12. The summed E-state index contributed by atoms with van der Waals surface area (Å²) in [5, 5.41) is 0. The summed E-state index contributed by atoms with van der Waals surface area (Å²) in [5.74, 6) is 0.363. The van der Waals surface area contributed by atoms with Gasteiger partial charge in [0.25, 0.3) is 0 Å². The minimum Gasteiger partial charge on any atom is -0.379 e. The van der Waals surface area contributed by atoms with Crippen molar-refractivity contribution in [2.24, 2.45) is 0 Å². The van der Waals surface area contributed by atoms with Gasteiger partial charge in [-0.3, -0.25) is 0 Å². The molecule has 0 spiro atoms. The van der Waals surface area contributed by atoms with E-state index in [2.05, 4.69) is 0 Å². The predicted octanol–water partition coefficient (Wildman–Crippen LogP) is 4.35.